The minimum atomic E-state index is -0.572. The fraction of sp³-hybridized carbons (Fsp3) is 0.292. The van der Waals surface area contributed by atoms with Gasteiger partial charge in [0.05, 0.1) is 26.3 Å². The average Bonchev–Trinajstić information content (AvgIpc) is 3.21. The first kappa shape index (κ1) is 24.1. The predicted octanol–water partition coefficient (Wildman–Crippen LogP) is 5.36. The number of anilines is 2. The number of nitrogens with zero attached hydrogens (tertiary/aromatic N) is 1. The highest BCUT2D eigenvalue weighted by molar-refractivity contribution is 7.14. The van der Waals surface area contributed by atoms with E-state index in [1.165, 1.54) is 11.3 Å². The molecule has 9 heteroatoms. The summed E-state index contributed by atoms with van der Waals surface area (Å²) in [5.74, 6) is 1.06. The Hall–Kier alpha value is -3.59. The van der Waals surface area contributed by atoms with Crippen molar-refractivity contribution in [1.82, 2.24) is 4.98 Å². The first-order valence-electron chi connectivity index (χ1n) is 10.2. The summed E-state index contributed by atoms with van der Waals surface area (Å²) in [6, 6.07) is 12.6. The second-order valence-corrected chi connectivity index (χ2v) is 9.01. The third-order valence-electron chi connectivity index (χ3n) is 4.39. The van der Waals surface area contributed by atoms with Gasteiger partial charge in [0.25, 0.3) is 0 Å². The lowest BCUT2D eigenvalue weighted by molar-refractivity contribution is -0.115. The van der Waals surface area contributed by atoms with Gasteiger partial charge in [0.1, 0.15) is 5.60 Å². The molecule has 0 radical (unpaired) electrons. The highest BCUT2D eigenvalue weighted by Gasteiger charge is 2.16. The molecule has 33 heavy (non-hydrogen) atoms. The molecule has 1 heterocycles. The maximum absolute atomic E-state index is 12.5. The number of rotatable bonds is 7. The second-order valence-electron chi connectivity index (χ2n) is 8.16. The average molecular weight is 470 g/mol. The maximum atomic E-state index is 12.5. The Kier molecular flexibility index (Phi) is 7.55. The molecular formula is C24H27N3O5S. The van der Waals surface area contributed by atoms with Crippen molar-refractivity contribution in [3.63, 3.8) is 0 Å². The highest BCUT2D eigenvalue weighted by Crippen LogP contribution is 2.33. The molecule has 0 bridgehead atoms. The van der Waals surface area contributed by atoms with E-state index in [2.05, 4.69) is 15.6 Å². The van der Waals surface area contributed by atoms with Gasteiger partial charge in [-0.25, -0.2) is 9.78 Å². The molecule has 0 saturated heterocycles. The molecule has 3 rings (SSSR count). The smallest absolute Gasteiger partial charge is 0.412 e. The predicted molar refractivity (Wildman–Crippen MR) is 129 cm³/mol. The van der Waals surface area contributed by atoms with Crippen LogP contribution in [0.4, 0.5) is 15.6 Å². The summed E-state index contributed by atoms with van der Waals surface area (Å²) in [6.45, 7) is 5.40. The van der Waals surface area contributed by atoms with E-state index in [-0.39, 0.29) is 12.3 Å². The summed E-state index contributed by atoms with van der Waals surface area (Å²) in [5, 5.41) is 7.87. The lowest BCUT2D eigenvalue weighted by Gasteiger charge is -2.19. The molecule has 2 aromatic carbocycles. The van der Waals surface area contributed by atoms with Gasteiger partial charge in [-0.15, -0.1) is 11.3 Å². The van der Waals surface area contributed by atoms with Crippen LogP contribution < -0.4 is 20.1 Å². The number of nitrogens with one attached hydrogen (secondary N) is 2. The van der Waals surface area contributed by atoms with Gasteiger partial charge in [0.15, 0.2) is 16.6 Å². The van der Waals surface area contributed by atoms with Crippen LogP contribution in [0, 0.1) is 0 Å². The Morgan fingerprint density at radius 3 is 2.30 bits per heavy atom. The fourth-order valence-electron chi connectivity index (χ4n) is 2.94. The van der Waals surface area contributed by atoms with Gasteiger partial charge < -0.3 is 19.5 Å². The molecular weight excluding hydrogens is 442 g/mol. The summed E-state index contributed by atoms with van der Waals surface area (Å²) in [4.78, 5) is 28.8. The van der Waals surface area contributed by atoms with Crippen molar-refractivity contribution in [2.75, 3.05) is 24.9 Å². The van der Waals surface area contributed by atoms with Crippen LogP contribution in [-0.2, 0) is 16.0 Å². The molecule has 174 valence electrons. The molecule has 2 amide bonds. The first-order chi connectivity index (χ1) is 15.7. The number of benzene rings is 2. The van der Waals surface area contributed by atoms with E-state index >= 15 is 0 Å². The summed E-state index contributed by atoms with van der Waals surface area (Å²) in [6.07, 6.45) is -0.347. The van der Waals surface area contributed by atoms with Gasteiger partial charge >= 0.3 is 6.09 Å². The summed E-state index contributed by atoms with van der Waals surface area (Å²) < 4.78 is 15.8. The standard InChI is InChI=1S/C24H27N3O5S/c1-24(2,3)32-23(29)25-17-9-6-15(7-10-17)12-21(28)27-22-26-18(14-33-22)16-8-11-19(30-4)20(13-16)31-5/h6-11,13-14H,12H2,1-5H3,(H,25,29)(H,26,27,28). The molecule has 0 saturated carbocycles. The number of methoxy groups -OCH3 is 2. The Balaban J connectivity index is 1.57. The minimum Gasteiger partial charge on any atom is -0.493 e. The van der Waals surface area contributed by atoms with Gasteiger partial charge in [-0.3, -0.25) is 10.1 Å². The largest absolute Gasteiger partial charge is 0.493 e. The molecule has 1 aromatic heterocycles. The van der Waals surface area contributed by atoms with Crippen molar-refractivity contribution < 1.29 is 23.8 Å². The third-order valence-corrected chi connectivity index (χ3v) is 5.15. The molecule has 2 N–H and O–H groups in total. The van der Waals surface area contributed by atoms with Crippen molar-refractivity contribution in [3.8, 4) is 22.8 Å². The molecule has 3 aromatic rings. The van der Waals surface area contributed by atoms with Gasteiger partial charge in [0.2, 0.25) is 5.91 Å². The van der Waals surface area contributed by atoms with Crippen LogP contribution >= 0.6 is 11.3 Å². The van der Waals surface area contributed by atoms with Gasteiger partial charge in [-0.05, 0) is 56.7 Å². The molecule has 0 atom stereocenters. The Morgan fingerprint density at radius 1 is 0.970 bits per heavy atom. The molecule has 0 unspecified atom stereocenters. The normalized spacial score (nSPS) is 10.9. The Bertz CT molecular complexity index is 1120. The van der Waals surface area contributed by atoms with Crippen LogP contribution in [0.15, 0.2) is 47.8 Å². The van der Waals surface area contributed by atoms with Crippen LogP contribution in [0.25, 0.3) is 11.3 Å². The number of ether oxygens (including phenoxy) is 3. The van der Waals surface area contributed by atoms with Crippen molar-refractivity contribution in [2.45, 2.75) is 32.8 Å². The van der Waals surface area contributed by atoms with Gasteiger partial charge in [-0.2, -0.15) is 0 Å². The van der Waals surface area contributed by atoms with E-state index in [1.807, 2.05) is 23.6 Å². The lowest BCUT2D eigenvalue weighted by atomic mass is 10.1. The minimum absolute atomic E-state index is 0.179. The molecule has 0 aliphatic carbocycles. The topological polar surface area (TPSA) is 98.8 Å². The monoisotopic (exact) mass is 469 g/mol. The van der Waals surface area contributed by atoms with Crippen molar-refractivity contribution in [2.24, 2.45) is 0 Å². The van der Waals surface area contributed by atoms with Gasteiger partial charge in [-0.1, -0.05) is 12.1 Å². The number of amides is 2. The van der Waals surface area contributed by atoms with Gasteiger partial charge in [0, 0.05) is 16.6 Å². The van der Waals surface area contributed by atoms with E-state index < -0.39 is 11.7 Å². The van der Waals surface area contributed by atoms with E-state index in [4.69, 9.17) is 14.2 Å². The van der Waals surface area contributed by atoms with Crippen LogP contribution in [0.3, 0.4) is 0 Å². The number of carbonyl (C=O) groups is 2. The number of aromatic nitrogens is 1. The SMILES string of the molecule is COc1ccc(-c2csc(NC(=O)Cc3ccc(NC(=O)OC(C)(C)C)cc3)n2)cc1OC. The van der Waals surface area contributed by atoms with Crippen LogP contribution in [0.1, 0.15) is 26.3 Å². The van der Waals surface area contributed by atoms with E-state index in [9.17, 15) is 9.59 Å². The second kappa shape index (κ2) is 10.4. The number of hydrogen-bond acceptors (Lipinski definition) is 7. The van der Waals surface area contributed by atoms with Crippen molar-refractivity contribution >= 4 is 34.2 Å². The van der Waals surface area contributed by atoms with Crippen LogP contribution in [0.5, 0.6) is 11.5 Å². The van der Waals surface area contributed by atoms with Crippen molar-refractivity contribution in [1.29, 1.82) is 0 Å². The number of hydrogen-bond donors (Lipinski definition) is 2. The summed E-state index contributed by atoms with van der Waals surface area (Å²) >= 11 is 1.34. The number of thiazole rings is 1. The van der Waals surface area contributed by atoms with E-state index in [1.54, 1.807) is 59.3 Å². The quantitative estimate of drug-likeness (QED) is 0.484. The number of carbonyl (C=O) groups excluding carboxylic acids is 2. The van der Waals surface area contributed by atoms with Crippen molar-refractivity contribution in [3.05, 3.63) is 53.4 Å². The van der Waals surface area contributed by atoms with E-state index in [0.29, 0.717) is 22.3 Å². The zero-order valence-electron chi connectivity index (χ0n) is 19.2. The van der Waals surface area contributed by atoms with E-state index in [0.717, 1.165) is 16.8 Å². The lowest BCUT2D eigenvalue weighted by Crippen LogP contribution is -2.27. The molecule has 0 aliphatic heterocycles. The maximum Gasteiger partial charge on any atom is 0.412 e. The zero-order valence-corrected chi connectivity index (χ0v) is 20.0. The Morgan fingerprint density at radius 2 is 1.67 bits per heavy atom. The fourth-order valence-corrected chi connectivity index (χ4v) is 3.67. The molecule has 0 fully saturated rings. The summed E-state index contributed by atoms with van der Waals surface area (Å²) in [5.41, 5.74) is 2.41. The molecule has 0 spiro atoms. The first-order valence-corrected chi connectivity index (χ1v) is 11.1. The summed E-state index contributed by atoms with van der Waals surface area (Å²) in [7, 11) is 3.16. The Labute approximate surface area is 196 Å². The molecule has 0 aliphatic rings. The molecule has 8 nitrogen and oxygen atoms in total. The zero-order chi connectivity index (χ0) is 24.0. The van der Waals surface area contributed by atoms with Crippen LogP contribution in [-0.4, -0.2) is 36.8 Å². The highest BCUT2D eigenvalue weighted by atomic mass is 32.1. The van der Waals surface area contributed by atoms with Crippen LogP contribution in [0.2, 0.25) is 0 Å². The third kappa shape index (κ3) is 6.95.